The number of hydrogen-bond acceptors (Lipinski definition) is 1. The standard InChI is InChI=1S/C12H9N.C12H26O/c1-3-7-11-9(5-1)10-6-2-4-8-12(10)13-11;1-3-5-7-9-11-13-12-10-8-6-4-2/h1-8,13H;3-12H2,1-2H3. The molecule has 0 fully saturated rings. The number of para-hydroxylation sites is 2. The first-order chi connectivity index (χ1) is 12.9. The van der Waals surface area contributed by atoms with Gasteiger partial charge in [0.2, 0.25) is 0 Å². The zero-order chi connectivity index (χ0) is 18.5. The van der Waals surface area contributed by atoms with Gasteiger partial charge in [0, 0.05) is 35.0 Å². The number of hydrogen-bond donors (Lipinski definition) is 1. The van der Waals surface area contributed by atoms with Crippen LogP contribution in [0.1, 0.15) is 65.2 Å². The van der Waals surface area contributed by atoms with Crippen molar-refractivity contribution in [3.05, 3.63) is 48.5 Å². The smallest absolute Gasteiger partial charge is 0.0466 e. The molecule has 26 heavy (non-hydrogen) atoms. The summed E-state index contributed by atoms with van der Waals surface area (Å²) >= 11 is 0. The van der Waals surface area contributed by atoms with Crippen molar-refractivity contribution in [3.63, 3.8) is 0 Å². The van der Waals surface area contributed by atoms with Crippen LogP contribution in [0.15, 0.2) is 48.5 Å². The molecule has 0 bridgehead atoms. The van der Waals surface area contributed by atoms with E-state index < -0.39 is 0 Å². The number of aromatic amines is 1. The summed E-state index contributed by atoms with van der Waals surface area (Å²) in [7, 11) is 0. The molecule has 0 atom stereocenters. The summed E-state index contributed by atoms with van der Waals surface area (Å²) in [5.74, 6) is 0. The first-order valence-electron chi connectivity index (χ1n) is 10.4. The van der Waals surface area contributed by atoms with Crippen LogP contribution in [-0.4, -0.2) is 18.2 Å². The van der Waals surface area contributed by atoms with Crippen molar-refractivity contribution < 1.29 is 4.74 Å². The Labute approximate surface area is 159 Å². The summed E-state index contributed by atoms with van der Waals surface area (Å²) in [6.45, 7) is 6.44. The van der Waals surface area contributed by atoms with E-state index in [1.54, 1.807) is 0 Å². The number of benzene rings is 2. The molecule has 0 saturated heterocycles. The van der Waals surface area contributed by atoms with Gasteiger partial charge in [-0.25, -0.2) is 0 Å². The van der Waals surface area contributed by atoms with Gasteiger partial charge in [-0.05, 0) is 25.0 Å². The molecule has 0 aliphatic carbocycles. The van der Waals surface area contributed by atoms with Gasteiger partial charge in [-0.3, -0.25) is 0 Å². The Kier molecular flexibility index (Phi) is 9.89. The highest BCUT2D eigenvalue weighted by Gasteiger charge is 2.00. The van der Waals surface area contributed by atoms with Gasteiger partial charge in [0.15, 0.2) is 0 Å². The van der Waals surface area contributed by atoms with Gasteiger partial charge in [0.25, 0.3) is 0 Å². The lowest BCUT2D eigenvalue weighted by atomic mass is 10.2. The molecule has 0 aliphatic rings. The molecule has 0 spiro atoms. The molecule has 0 saturated carbocycles. The SMILES string of the molecule is CCCCCCOCCCCCC.c1ccc2c(c1)[nH]c1ccccc12. The second-order valence-corrected chi connectivity index (χ2v) is 6.95. The van der Waals surface area contributed by atoms with Gasteiger partial charge in [-0.15, -0.1) is 0 Å². The van der Waals surface area contributed by atoms with Crippen LogP contribution in [0.4, 0.5) is 0 Å². The number of H-pyrrole nitrogens is 1. The van der Waals surface area contributed by atoms with Crippen LogP contribution in [0.5, 0.6) is 0 Å². The van der Waals surface area contributed by atoms with Crippen molar-refractivity contribution in [2.45, 2.75) is 65.2 Å². The second-order valence-electron chi connectivity index (χ2n) is 6.95. The number of aromatic nitrogens is 1. The summed E-state index contributed by atoms with van der Waals surface area (Å²) in [4.78, 5) is 3.38. The van der Waals surface area contributed by atoms with E-state index in [2.05, 4.69) is 67.4 Å². The minimum atomic E-state index is 0.978. The first kappa shape index (κ1) is 20.5. The zero-order valence-corrected chi connectivity index (χ0v) is 16.6. The molecule has 1 heterocycles. The van der Waals surface area contributed by atoms with E-state index >= 15 is 0 Å². The predicted octanol–water partition coefficient (Wildman–Crippen LogP) is 7.48. The summed E-state index contributed by atoms with van der Waals surface area (Å²) in [6, 6.07) is 16.8. The third-order valence-corrected chi connectivity index (χ3v) is 4.70. The summed E-state index contributed by atoms with van der Waals surface area (Å²) in [5, 5.41) is 2.61. The van der Waals surface area contributed by atoms with Gasteiger partial charge in [0.05, 0.1) is 0 Å². The van der Waals surface area contributed by atoms with Crippen molar-refractivity contribution in [3.8, 4) is 0 Å². The van der Waals surface area contributed by atoms with Crippen molar-refractivity contribution in [2.75, 3.05) is 13.2 Å². The molecule has 1 N–H and O–H groups in total. The fourth-order valence-electron chi connectivity index (χ4n) is 3.16. The molecular formula is C24H35NO. The van der Waals surface area contributed by atoms with Crippen LogP contribution < -0.4 is 0 Å². The fraction of sp³-hybridized carbons (Fsp3) is 0.500. The van der Waals surface area contributed by atoms with Crippen molar-refractivity contribution >= 4 is 21.8 Å². The molecule has 0 amide bonds. The summed E-state index contributed by atoms with van der Waals surface area (Å²) < 4.78 is 5.53. The van der Waals surface area contributed by atoms with E-state index in [-0.39, 0.29) is 0 Å². The Morgan fingerprint density at radius 2 is 1.08 bits per heavy atom. The highest BCUT2D eigenvalue weighted by atomic mass is 16.5. The van der Waals surface area contributed by atoms with Crippen LogP contribution in [0.25, 0.3) is 21.8 Å². The van der Waals surface area contributed by atoms with Crippen LogP contribution >= 0.6 is 0 Å². The largest absolute Gasteiger partial charge is 0.381 e. The lowest BCUT2D eigenvalue weighted by Gasteiger charge is -2.03. The highest BCUT2D eigenvalue weighted by Crippen LogP contribution is 2.24. The topological polar surface area (TPSA) is 25.0 Å². The molecular weight excluding hydrogens is 318 g/mol. The number of nitrogens with one attached hydrogen (secondary N) is 1. The molecule has 1 aromatic heterocycles. The van der Waals surface area contributed by atoms with Crippen molar-refractivity contribution in [2.24, 2.45) is 0 Å². The Morgan fingerprint density at radius 3 is 1.54 bits per heavy atom. The highest BCUT2D eigenvalue weighted by molar-refractivity contribution is 6.06. The van der Waals surface area contributed by atoms with Gasteiger partial charge in [-0.1, -0.05) is 88.8 Å². The minimum Gasteiger partial charge on any atom is -0.381 e. The average molecular weight is 354 g/mol. The number of unbranched alkanes of at least 4 members (excludes halogenated alkanes) is 6. The maximum Gasteiger partial charge on any atom is 0.0466 e. The van der Waals surface area contributed by atoms with E-state index in [9.17, 15) is 0 Å². The van der Waals surface area contributed by atoms with Crippen molar-refractivity contribution in [1.82, 2.24) is 4.98 Å². The maximum absolute atomic E-state index is 5.53. The molecule has 2 heteroatoms. The molecule has 142 valence electrons. The third kappa shape index (κ3) is 6.84. The van der Waals surface area contributed by atoms with Crippen LogP contribution in [0.3, 0.4) is 0 Å². The molecule has 0 radical (unpaired) electrons. The van der Waals surface area contributed by atoms with Gasteiger partial charge >= 0.3 is 0 Å². The van der Waals surface area contributed by atoms with Crippen LogP contribution in [0.2, 0.25) is 0 Å². The van der Waals surface area contributed by atoms with Gasteiger partial charge in [0.1, 0.15) is 0 Å². The van der Waals surface area contributed by atoms with E-state index in [1.807, 2.05) is 0 Å². The Morgan fingerprint density at radius 1 is 0.615 bits per heavy atom. The lowest BCUT2D eigenvalue weighted by Crippen LogP contribution is -1.96. The van der Waals surface area contributed by atoms with E-state index in [1.165, 1.54) is 73.2 Å². The second kappa shape index (κ2) is 12.5. The normalized spacial score (nSPS) is 10.8. The van der Waals surface area contributed by atoms with Gasteiger partial charge in [-0.2, -0.15) is 0 Å². The Balaban J connectivity index is 0.000000187. The van der Waals surface area contributed by atoms with Crippen LogP contribution in [0, 0.1) is 0 Å². The monoisotopic (exact) mass is 353 g/mol. The predicted molar refractivity (Wildman–Crippen MR) is 115 cm³/mol. The molecule has 3 aromatic rings. The molecule has 0 unspecified atom stereocenters. The first-order valence-corrected chi connectivity index (χ1v) is 10.4. The van der Waals surface area contributed by atoms with E-state index in [0.717, 1.165) is 13.2 Å². The summed E-state index contributed by atoms with van der Waals surface area (Å²) in [5.41, 5.74) is 2.42. The van der Waals surface area contributed by atoms with Crippen LogP contribution in [-0.2, 0) is 4.74 Å². The molecule has 0 aliphatic heterocycles. The van der Waals surface area contributed by atoms with E-state index in [4.69, 9.17) is 4.74 Å². The third-order valence-electron chi connectivity index (χ3n) is 4.70. The quantitative estimate of drug-likeness (QED) is 0.375. The lowest BCUT2D eigenvalue weighted by molar-refractivity contribution is 0.126. The Hall–Kier alpha value is -1.80. The van der Waals surface area contributed by atoms with Gasteiger partial charge < -0.3 is 9.72 Å². The zero-order valence-electron chi connectivity index (χ0n) is 16.6. The molecule has 2 nitrogen and oxygen atoms in total. The molecule has 2 aromatic carbocycles. The van der Waals surface area contributed by atoms with E-state index in [0.29, 0.717) is 0 Å². The Bertz CT molecular complexity index is 671. The number of ether oxygens (including phenoxy) is 1. The fourth-order valence-corrected chi connectivity index (χ4v) is 3.16. The van der Waals surface area contributed by atoms with Crippen molar-refractivity contribution in [1.29, 1.82) is 0 Å². The summed E-state index contributed by atoms with van der Waals surface area (Å²) in [6.07, 6.45) is 10.5. The molecule has 3 rings (SSSR count). The number of rotatable bonds is 10. The average Bonchev–Trinajstić information content (AvgIpc) is 3.06. The minimum absolute atomic E-state index is 0.978. The number of fused-ring (bicyclic) bond motifs is 3. The maximum atomic E-state index is 5.53.